The number of hydrogen-bond acceptors (Lipinski definition) is 5. The number of aromatic nitrogens is 3. The van der Waals surface area contributed by atoms with Crippen LogP contribution in [0.1, 0.15) is 31.7 Å². The molecule has 0 spiro atoms. The smallest absolute Gasteiger partial charge is 0.168 e. The summed E-state index contributed by atoms with van der Waals surface area (Å²) in [4.78, 5) is 17.7. The number of hydrogen-bond donors (Lipinski definition) is 1. The highest BCUT2D eigenvalue weighted by Crippen LogP contribution is 2.42. The lowest BCUT2D eigenvalue weighted by Gasteiger charge is -2.24. The average molecular weight is 345 g/mol. The maximum absolute atomic E-state index is 6.34. The van der Waals surface area contributed by atoms with E-state index in [0.29, 0.717) is 16.6 Å². The van der Waals surface area contributed by atoms with Gasteiger partial charge in [-0.2, -0.15) is 0 Å². The van der Waals surface area contributed by atoms with Crippen LogP contribution in [0.2, 0.25) is 5.15 Å². The topological polar surface area (TPSA) is 72.4 Å². The molecule has 0 amide bonds. The Morgan fingerprint density at radius 2 is 2.08 bits per heavy atom. The Hall–Kier alpha value is -2.34. The number of aromatic amines is 1. The van der Waals surface area contributed by atoms with E-state index >= 15 is 0 Å². The van der Waals surface area contributed by atoms with Crippen LogP contribution in [0.4, 0.5) is 0 Å². The zero-order valence-corrected chi connectivity index (χ0v) is 14.7. The molecule has 7 heteroatoms. The largest absolute Gasteiger partial charge is 0.496 e. The number of oxime groups is 1. The van der Waals surface area contributed by atoms with Gasteiger partial charge in [-0.15, -0.1) is 0 Å². The van der Waals surface area contributed by atoms with Crippen molar-refractivity contribution in [3.8, 4) is 5.75 Å². The van der Waals surface area contributed by atoms with Gasteiger partial charge in [0.1, 0.15) is 22.4 Å². The van der Waals surface area contributed by atoms with Crippen molar-refractivity contribution in [1.29, 1.82) is 0 Å². The Labute approximate surface area is 143 Å². The minimum atomic E-state index is -0.549. The Morgan fingerprint density at radius 3 is 2.75 bits per heavy atom. The summed E-state index contributed by atoms with van der Waals surface area (Å²) in [6.07, 6.45) is 0.717. The second-order valence-corrected chi connectivity index (χ2v) is 6.69. The van der Waals surface area contributed by atoms with Crippen LogP contribution in [0.3, 0.4) is 0 Å². The standard InChI is InChI=1S/C17H17ClN4O2/c1-8-7-17(3,24-22-8)11-6-12-10(5-13(11)23-4)14-15(18)19-9(2)20-16(14)21-12/h5-6H,7H2,1-4H3,(H,19,20,21). The van der Waals surface area contributed by atoms with Crippen molar-refractivity contribution in [1.82, 2.24) is 15.0 Å². The predicted octanol–water partition coefficient (Wildman–Crippen LogP) is 4.09. The molecule has 0 aliphatic carbocycles. The van der Waals surface area contributed by atoms with Gasteiger partial charge in [0.05, 0.1) is 18.2 Å². The highest BCUT2D eigenvalue weighted by atomic mass is 35.5. The van der Waals surface area contributed by atoms with E-state index in [1.165, 1.54) is 0 Å². The number of fused-ring (bicyclic) bond motifs is 3. The highest BCUT2D eigenvalue weighted by Gasteiger charge is 2.37. The molecular weight excluding hydrogens is 328 g/mol. The van der Waals surface area contributed by atoms with Gasteiger partial charge in [0.15, 0.2) is 5.60 Å². The summed E-state index contributed by atoms with van der Waals surface area (Å²) >= 11 is 6.34. The quantitative estimate of drug-likeness (QED) is 0.710. The first-order chi connectivity index (χ1) is 11.4. The van der Waals surface area contributed by atoms with E-state index in [-0.39, 0.29) is 0 Å². The summed E-state index contributed by atoms with van der Waals surface area (Å²) in [6.45, 7) is 5.78. The fourth-order valence-corrected chi connectivity index (χ4v) is 3.66. The molecule has 3 heterocycles. The fourth-order valence-electron chi connectivity index (χ4n) is 3.34. The van der Waals surface area contributed by atoms with Crippen molar-refractivity contribution < 1.29 is 9.57 Å². The van der Waals surface area contributed by atoms with Gasteiger partial charge in [-0.05, 0) is 32.9 Å². The van der Waals surface area contributed by atoms with Crippen molar-refractivity contribution in [2.45, 2.75) is 32.8 Å². The number of nitrogens with zero attached hydrogens (tertiary/aromatic N) is 3. The monoisotopic (exact) mass is 344 g/mol. The van der Waals surface area contributed by atoms with Crippen molar-refractivity contribution in [2.24, 2.45) is 5.16 Å². The summed E-state index contributed by atoms with van der Waals surface area (Å²) in [5.74, 6) is 1.36. The Balaban J connectivity index is 2.00. The summed E-state index contributed by atoms with van der Waals surface area (Å²) in [5.41, 5.74) is 2.97. The van der Waals surface area contributed by atoms with Gasteiger partial charge in [-0.1, -0.05) is 16.8 Å². The molecule has 0 bridgehead atoms. The molecule has 24 heavy (non-hydrogen) atoms. The number of benzene rings is 1. The maximum atomic E-state index is 6.34. The highest BCUT2D eigenvalue weighted by molar-refractivity contribution is 6.36. The third kappa shape index (κ3) is 2.13. The first kappa shape index (κ1) is 15.2. The number of methoxy groups -OCH3 is 1. The third-order valence-electron chi connectivity index (χ3n) is 4.40. The van der Waals surface area contributed by atoms with Crippen molar-refractivity contribution >= 4 is 39.2 Å². The summed E-state index contributed by atoms with van der Waals surface area (Å²) in [6, 6.07) is 3.98. The lowest BCUT2D eigenvalue weighted by molar-refractivity contribution is -0.00890. The van der Waals surface area contributed by atoms with Crippen LogP contribution in [-0.2, 0) is 10.4 Å². The van der Waals surface area contributed by atoms with E-state index in [1.807, 2.05) is 32.9 Å². The number of ether oxygens (including phenoxy) is 1. The first-order valence-corrected chi connectivity index (χ1v) is 8.05. The molecule has 3 aromatic rings. The third-order valence-corrected chi connectivity index (χ3v) is 4.68. The van der Waals surface area contributed by atoms with Crippen LogP contribution in [-0.4, -0.2) is 27.8 Å². The van der Waals surface area contributed by atoms with E-state index in [4.69, 9.17) is 21.2 Å². The molecule has 1 unspecified atom stereocenters. The van der Waals surface area contributed by atoms with Crippen LogP contribution in [0.15, 0.2) is 17.3 Å². The summed E-state index contributed by atoms with van der Waals surface area (Å²) in [5, 5.41) is 6.25. The molecule has 1 aliphatic heterocycles. The van der Waals surface area contributed by atoms with Gasteiger partial charge < -0.3 is 14.6 Å². The Kier molecular flexibility index (Phi) is 3.22. The van der Waals surface area contributed by atoms with Gasteiger partial charge in [0, 0.05) is 22.9 Å². The van der Waals surface area contributed by atoms with E-state index in [0.717, 1.165) is 39.7 Å². The minimum absolute atomic E-state index is 0.432. The van der Waals surface area contributed by atoms with Crippen LogP contribution < -0.4 is 4.74 Å². The normalized spacial score (nSPS) is 20.5. The van der Waals surface area contributed by atoms with E-state index in [9.17, 15) is 0 Å². The summed E-state index contributed by atoms with van der Waals surface area (Å²) in [7, 11) is 1.65. The Morgan fingerprint density at radius 1 is 1.29 bits per heavy atom. The average Bonchev–Trinajstić information content (AvgIpc) is 3.05. The molecule has 0 fully saturated rings. The number of aryl methyl sites for hydroxylation is 1. The molecular formula is C17H17ClN4O2. The predicted molar refractivity (Wildman–Crippen MR) is 93.9 cm³/mol. The zero-order chi connectivity index (χ0) is 17.1. The van der Waals surface area contributed by atoms with Gasteiger partial charge in [-0.25, -0.2) is 9.97 Å². The molecule has 1 atom stereocenters. The van der Waals surface area contributed by atoms with Crippen LogP contribution >= 0.6 is 11.6 Å². The number of rotatable bonds is 2. The maximum Gasteiger partial charge on any atom is 0.168 e. The van der Waals surface area contributed by atoms with Crippen LogP contribution in [0, 0.1) is 6.92 Å². The minimum Gasteiger partial charge on any atom is -0.496 e. The molecule has 6 nitrogen and oxygen atoms in total. The molecule has 0 saturated heterocycles. The molecule has 1 N–H and O–H groups in total. The number of halogens is 1. The van der Waals surface area contributed by atoms with Crippen molar-refractivity contribution in [3.63, 3.8) is 0 Å². The van der Waals surface area contributed by atoms with Crippen molar-refractivity contribution in [2.75, 3.05) is 7.11 Å². The zero-order valence-electron chi connectivity index (χ0n) is 13.9. The van der Waals surface area contributed by atoms with Gasteiger partial charge in [-0.3, -0.25) is 0 Å². The number of H-pyrrole nitrogens is 1. The lowest BCUT2D eigenvalue weighted by Crippen LogP contribution is -2.22. The molecule has 1 aliphatic rings. The number of nitrogens with one attached hydrogen (secondary N) is 1. The van der Waals surface area contributed by atoms with E-state index < -0.39 is 5.60 Å². The lowest BCUT2D eigenvalue weighted by atomic mass is 9.89. The second kappa shape index (κ2) is 5.08. The molecule has 0 radical (unpaired) electrons. The second-order valence-electron chi connectivity index (χ2n) is 6.33. The van der Waals surface area contributed by atoms with E-state index in [2.05, 4.69) is 20.1 Å². The van der Waals surface area contributed by atoms with Gasteiger partial charge in [0.2, 0.25) is 0 Å². The Bertz CT molecular complexity index is 1010. The molecule has 1 aromatic carbocycles. The summed E-state index contributed by atoms with van der Waals surface area (Å²) < 4.78 is 5.62. The van der Waals surface area contributed by atoms with Gasteiger partial charge in [0.25, 0.3) is 0 Å². The fraction of sp³-hybridized carbons (Fsp3) is 0.353. The van der Waals surface area contributed by atoms with E-state index in [1.54, 1.807) is 7.11 Å². The molecule has 124 valence electrons. The SMILES string of the molecule is COc1cc2c(cc1C1(C)CC(C)=NO1)[nH]c1nc(C)nc(Cl)c12. The first-order valence-electron chi connectivity index (χ1n) is 7.67. The molecule has 4 rings (SSSR count). The van der Waals surface area contributed by atoms with Crippen molar-refractivity contribution in [3.05, 3.63) is 28.7 Å². The van der Waals surface area contributed by atoms with Crippen LogP contribution in [0.5, 0.6) is 5.75 Å². The van der Waals surface area contributed by atoms with Crippen LogP contribution in [0.25, 0.3) is 21.9 Å². The molecule has 0 saturated carbocycles. The molecule has 2 aromatic heterocycles. The van der Waals surface area contributed by atoms with Gasteiger partial charge >= 0.3 is 0 Å².